The minimum absolute atomic E-state index is 0.0362. The Bertz CT molecular complexity index is 1060. The summed E-state index contributed by atoms with van der Waals surface area (Å²) in [4.78, 5) is 28.5. The van der Waals surface area contributed by atoms with Crippen LogP contribution in [0.5, 0.6) is 0 Å². The van der Waals surface area contributed by atoms with Gasteiger partial charge in [-0.05, 0) is 30.4 Å². The average molecular weight is 423 g/mol. The number of rotatable bonds is 7. The summed E-state index contributed by atoms with van der Waals surface area (Å²) in [6, 6.07) is 6.56. The molecule has 1 aromatic carbocycles. The summed E-state index contributed by atoms with van der Waals surface area (Å²) < 4.78 is 3.03. The van der Waals surface area contributed by atoms with E-state index in [9.17, 15) is 9.59 Å². The fourth-order valence-electron chi connectivity index (χ4n) is 4.74. The summed E-state index contributed by atoms with van der Waals surface area (Å²) in [5.41, 5.74) is 8.17. The predicted octanol–water partition coefficient (Wildman–Crippen LogP) is 4.21. The Hall–Kier alpha value is -2.93. The molecule has 0 spiro atoms. The van der Waals surface area contributed by atoms with Gasteiger partial charge in [0.2, 0.25) is 0 Å². The van der Waals surface area contributed by atoms with Gasteiger partial charge in [0.05, 0.1) is 5.52 Å². The first-order valence-corrected chi connectivity index (χ1v) is 11.2. The molecule has 2 aromatic heterocycles. The summed E-state index contributed by atoms with van der Waals surface area (Å²) in [6.07, 6.45) is 15.0. The van der Waals surface area contributed by atoms with E-state index in [0.29, 0.717) is 5.69 Å². The van der Waals surface area contributed by atoms with Crippen LogP contribution in [0.2, 0.25) is 0 Å². The molecule has 1 aliphatic carbocycles. The molecule has 1 atom stereocenters. The van der Waals surface area contributed by atoms with Crippen LogP contribution in [-0.2, 0) is 17.6 Å². The van der Waals surface area contributed by atoms with E-state index in [1.54, 1.807) is 4.57 Å². The number of para-hydroxylation sites is 1. The zero-order valence-electron chi connectivity index (χ0n) is 17.7. The van der Waals surface area contributed by atoms with Gasteiger partial charge in [-0.25, -0.2) is 9.78 Å². The number of imidazole rings is 1. The lowest BCUT2D eigenvalue weighted by atomic mass is 9.85. The Labute approximate surface area is 181 Å². The topological polar surface area (TPSA) is 103 Å². The molecule has 1 fully saturated rings. The lowest BCUT2D eigenvalue weighted by Crippen LogP contribution is -2.34. The monoisotopic (exact) mass is 422 g/mol. The van der Waals surface area contributed by atoms with Gasteiger partial charge in [-0.3, -0.25) is 13.9 Å². The molecule has 31 heavy (non-hydrogen) atoms. The molecule has 2 heterocycles. The molecular weight excluding hydrogens is 392 g/mol. The quantitative estimate of drug-likeness (QED) is 0.594. The van der Waals surface area contributed by atoms with Crippen molar-refractivity contribution < 1.29 is 14.7 Å². The maximum Gasteiger partial charge on any atom is 0.338 e. The molecule has 7 nitrogen and oxygen atoms in total. The Morgan fingerprint density at radius 2 is 1.94 bits per heavy atom. The zero-order valence-corrected chi connectivity index (χ0v) is 17.7. The molecule has 1 saturated carbocycles. The van der Waals surface area contributed by atoms with E-state index < -0.39 is 12.0 Å². The van der Waals surface area contributed by atoms with Crippen LogP contribution in [0.3, 0.4) is 0 Å². The van der Waals surface area contributed by atoms with Gasteiger partial charge in [-0.15, -0.1) is 0 Å². The molecule has 7 heteroatoms. The van der Waals surface area contributed by atoms with E-state index in [0.717, 1.165) is 29.7 Å². The average Bonchev–Trinajstić information content (AvgIpc) is 3.39. The molecule has 1 aliphatic rings. The predicted molar refractivity (Wildman–Crippen MR) is 119 cm³/mol. The van der Waals surface area contributed by atoms with Crippen LogP contribution in [0.15, 0.2) is 43.0 Å². The van der Waals surface area contributed by atoms with Gasteiger partial charge < -0.3 is 10.8 Å². The largest absolute Gasteiger partial charge is 0.480 e. The van der Waals surface area contributed by atoms with E-state index in [-0.39, 0.29) is 12.5 Å². The van der Waals surface area contributed by atoms with Gasteiger partial charge in [-0.1, -0.05) is 56.7 Å². The highest BCUT2D eigenvalue weighted by Gasteiger charge is 2.21. The van der Waals surface area contributed by atoms with Gasteiger partial charge in [-0.2, -0.15) is 0 Å². The van der Waals surface area contributed by atoms with Crippen LogP contribution in [-0.4, -0.2) is 37.3 Å². The van der Waals surface area contributed by atoms with Crippen molar-refractivity contribution in [1.82, 2.24) is 14.1 Å². The molecule has 0 bridgehead atoms. The number of fused-ring (bicyclic) bond motifs is 1. The minimum atomic E-state index is -1.10. The molecule has 0 saturated heterocycles. The van der Waals surface area contributed by atoms with Crippen LogP contribution in [0.4, 0.5) is 4.79 Å². The number of carbonyl (C=O) groups excluding carboxylic acids is 1. The van der Waals surface area contributed by atoms with E-state index in [1.807, 2.05) is 24.4 Å². The second-order valence-electron chi connectivity index (χ2n) is 8.62. The lowest BCUT2D eigenvalue weighted by Gasteiger charge is -2.21. The normalized spacial score (nSPS) is 15.9. The molecule has 4 rings (SSSR count). The molecule has 0 radical (unpaired) electrons. The third kappa shape index (κ3) is 4.71. The molecule has 1 unspecified atom stereocenters. The van der Waals surface area contributed by atoms with Crippen molar-refractivity contribution in [3.8, 4) is 0 Å². The number of aliphatic carboxylic acids is 1. The molecule has 0 amide bonds. The second-order valence-corrected chi connectivity index (χ2v) is 8.62. The van der Waals surface area contributed by atoms with Gasteiger partial charge in [0, 0.05) is 29.9 Å². The van der Waals surface area contributed by atoms with Gasteiger partial charge in [0.1, 0.15) is 12.4 Å². The van der Waals surface area contributed by atoms with Gasteiger partial charge >= 0.3 is 12.0 Å². The minimum Gasteiger partial charge on any atom is -0.480 e. The lowest BCUT2D eigenvalue weighted by molar-refractivity contribution is -0.138. The number of aromatic nitrogens is 3. The van der Waals surface area contributed by atoms with Crippen LogP contribution in [0.1, 0.15) is 56.2 Å². The summed E-state index contributed by atoms with van der Waals surface area (Å²) in [7, 11) is 0. The summed E-state index contributed by atoms with van der Waals surface area (Å²) >= 11 is 0. The number of benzene rings is 1. The highest BCUT2D eigenvalue weighted by Crippen LogP contribution is 2.29. The van der Waals surface area contributed by atoms with Crippen molar-refractivity contribution in [1.29, 1.82) is 0 Å². The molecule has 0 aliphatic heterocycles. The summed E-state index contributed by atoms with van der Waals surface area (Å²) in [5, 5.41) is 10.2. The van der Waals surface area contributed by atoms with Crippen LogP contribution >= 0.6 is 0 Å². The number of aryl methyl sites for hydroxylation is 1. The number of carbonyl (C=O) groups is 2. The SMILES string of the molecule is NC(Cc1cncn1C(=O)n1cc(CCCC2CCCCC2)c2ccccc21)C(=O)O. The highest BCUT2D eigenvalue weighted by atomic mass is 16.4. The van der Waals surface area contributed by atoms with Gasteiger partial charge in [0.25, 0.3) is 0 Å². The zero-order chi connectivity index (χ0) is 21.8. The van der Waals surface area contributed by atoms with Crippen molar-refractivity contribution in [2.75, 3.05) is 0 Å². The summed E-state index contributed by atoms with van der Waals surface area (Å²) in [5.74, 6) is -0.262. The smallest absolute Gasteiger partial charge is 0.338 e. The van der Waals surface area contributed by atoms with Crippen molar-refractivity contribution in [3.63, 3.8) is 0 Å². The highest BCUT2D eigenvalue weighted by molar-refractivity contribution is 5.94. The van der Waals surface area contributed by atoms with Gasteiger partial charge in [0.15, 0.2) is 0 Å². The van der Waals surface area contributed by atoms with Crippen molar-refractivity contribution >= 4 is 22.9 Å². The van der Waals surface area contributed by atoms with E-state index in [2.05, 4.69) is 11.1 Å². The third-order valence-electron chi connectivity index (χ3n) is 6.45. The number of carboxylic acid groups (broad SMARTS) is 1. The first-order chi connectivity index (χ1) is 15.0. The summed E-state index contributed by atoms with van der Waals surface area (Å²) in [6.45, 7) is 0. The van der Waals surface area contributed by atoms with Crippen LogP contribution in [0, 0.1) is 5.92 Å². The van der Waals surface area contributed by atoms with Crippen LogP contribution in [0.25, 0.3) is 10.9 Å². The van der Waals surface area contributed by atoms with Crippen LogP contribution < -0.4 is 5.73 Å². The molecule has 164 valence electrons. The van der Waals surface area contributed by atoms with Crippen molar-refractivity contribution in [3.05, 3.63) is 54.2 Å². The third-order valence-corrected chi connectivity index (χ3v) is 6.45. The fourth-order valence-corrected chi connectivity index (χ4v) is 4.74. The van der Waals surface area contributed by atoms with E-state index in [1.165, 1.54) is 61.2 Å². The Balaban J connectivity index is 1.55. The molecule has 3 aromatic rings. The van der Waals surface area contributed by atoms with E-state index >= 15 is 0 Å². The second kappa shape index (κ2) is 9.47. The maximum atomic E-state index is 13.3. The molecule has 3 N–H and O–H groups in total. The fraction of sp³-hybridized carbons (Fsp3) is 0.458. The molecular formula is C24H30N4O3. The first kappa shape index (κ1) is 21.3. The number of hydrogen-bond donors (Lipinski definition) is 2. The number of nitrogens with two attached hydrogens (primary N) is 1. The number of nitrogens with zero attached hydrogens (tertiary/aromatic N) is 3. The standard InChI is InChI=1S/C24H30N4O3/c25-21(23(29)30)13-19-14-26-16-28(19)24(31)27-15-18(20-11-4-5-12-22(20)27)10-6-9-17-7-2-1-3-8-17/h4-5,11-12,14-17,21H,1-3,6-10,13,25H2,(H,29,30). The van der Waals surface area contributed by atoms with Crippen molar-refractivity contribution in [2.24, 2.45) is 11.7 Å². The first-order valence-electron chi connectivity index (χ1n) is 11.2. The number of hydrogen-bond acceptors (Lipinski definition) is 4. The Morgan fingerprint density at radius 3 is 2.71 bits per heavy atom. The van der Waals surface area contributed by atoms with E-state index in [4.69, 9.17) is 10.8 Å². The Morgan fingerprint density at radius 1 is 1.16 bits per heavy atom. The number of carboxylic acids is 1. The maximum absolute atomic E-state index is 13.3. The van der Waals surface area contributed by atoms with Crippen molar-refractivity contribution in [2.45, 2.75) is 63.8 Å². The Kier molecular flexibility index (Phi) is 6.51.